The first-order chi connectivity index (χ1) is 33.6. The number of carbonyl (C=O) groups is 2. The number of rotatable bonds is 16. The van der Waals surface area contributed by atoms with E-state index in [1.54, 1.807) is 13.8 Å². The van der Waals surface area contributed by atoms with Crippen molar-refractivity contribution in [2.75, 3.05) is 13.2 Å². The van der Waals surface area contributed by atoms with Crippen LogP contribution < -0.4 is 5.32 Å². The van der Waals surface area contributed by atoms with Gasteiger partial charge in [0.15, 0.2) is 43.3 Å². The predicted molar refractivity (Wildman–Crippen MR) is 266 cm³/mol. The highest BCUT2D eigenvalue weighted by atomic mass is 127. The largest absolute Gasteiger partial charge is 0.527 e. The lowest BCUT2D eigenvalue weighted by atomic mass is 9.79. The van der Waals surface area contributed by atoms with Gasteiger partial charge in [0.05, 0.1) is 50.3 Å². The SMILES string of the molecule is CC(=O)NC1[C@H]([O][AlH][I])OC2COC(C)(C)O[C@H]2[C@@H]1O[C@@H]1OC(C)[C@H](C)[C@H](O[C@@H]2OC(C)[C@H](C)[C@H](C)C2O[C@@H]2OC(C)[C@H](C)[C@H](O[C@H]3O[C@@H](COCc4ccccc4)[C@@H](C)C(C)C3C)C2O)C1OC(C)=O. The molecule has 71 heavy (non-hydrogen) atoms. The topological polar surface area (TPSA) is 196 Å². The normalized spacial score (nSPS) is 45.8. The first-order valence-corrected chi connectivity index (χ1v) is 31.4. The summed E-state index contributed by atoms with van der Waals surface area (Å²) in [6.07, 6.45) is -13.1. The van der Waals surface area contributed by atoms with Crippen LogP contribution in [0.1, 0.15) is 102 Å². The van der Waals surface area contributed by atoms with Gasteiger partial charge in [-0.25, -0.2) is 0 Å². The molecule has 6 fully saturated rings. The van der Waals surface area contributed by atoms with Gasteiger partial charge in [-0.15, -0.1) is 0 Å². The Morgan fingerprint density at radius 3 is 1.92 bits per heavy atom. The van der Waals surface area contributed by atoms with Gasteiger partial charge < -0.3 is 75.8 Å². The van der Waals surface area contributed by atoms with Gasteiger partial charge in [0.2, 0.25) is 5.91 Å². The lowest BCUT2D eigenvalue weighted by Gasteiger charge is -2.53. The van der Waals surface area contributed by atoms with Crippen LogP contribution in [-0.2, 0) is 81.6 Å². The van der Waals surface area contributed by atoms with Crippen LogP contribution in [0.5, 0.6) is 0 Å². The highest BCUT2D eigenvalue weighted by Gasteiger charge is 2.57. The summed E-state index contributed by atoms with van der Waals surface area (Å²) in [6.45, 7) is 27.9. The van der Waals surface area contributed by atoms with E-state index in [1.165, 1.54) is 13.8 Å². The first-order valence-electron chi connectivity index (χ1n) is 25.7. The van der Waals surface area contributed by atoms with Crippen LogP contribution >= 0.6 is 20.3 Å². The van der Waals surface area contributed by atoms with E-state index in [1.807, 2.05) is 65.0 Å². The number of aliphatic hydroxyl groups excluding tert-OH is 1. The summed E-state index contributed by atoms with van der Waals surface area (Å²) in [5, 5.41) is 15.3. The summed E-state index contributed by atoms with van der Waals surface area (Å²) in [6, 6.07) is 9.23. The number of benzene rings is 1. The number of hydrogen-bond donors (Lipinski definition) is 2. The molecule has 20 heteroatoms. The van der Waals surface area contributed by atoms with Gasteiger partial charge in [0.1, 0.15) is 42.7 Å². The fourth-order valence-corrected chi connectivity index (χ4v) is 12.3. The zero-order chi connectivity index (χ0) is 51.6. The Morgan fingerprint density at radius 2 is 1.27 bits per heavy atom. The van der Waals surface area contributed by atoms with Crippen LogP contribution in [-0.4, -0.2) is 159 Å². The molecule has 0 bridgehead atoms. The Bertz CT molecular complexity index is 1880. The minimum Gasteiger partial charge on any atom is -0.471 e. The molecule has 402 valence electrons. The number of nitrogens with one attached hydrogen (secondary N) is 1. The number of halogens is 1. The maximum absolute atomic E-state index is 13.1. The predicted octanol–water partition coefficient (Wildman–Crippen LogP) is 5.55. The number of hydrogen-bond acceptors (Lipinski definition) is 17. The molecule has 18 nitrogen and oxygen atoms in total. The van der Waals surface area contributed by atoms with Gasteiger partial charge in [0, 0.05) is 31.6 Å². The van der Waals surface area contributed by atoms with E-state index in [9.17, 15) is 14.7 Å². The Morgan fingerprint density at radius 1 is 0.676 bits per heavy atom. The Kier molecular flexibility index (Phi) is 20.2. The molecule has 0 radical (unpaired) electrons. The van der Waals surface area contributed by atoms with Crippen LogP contribution in [0.25, 0.3) is 0 Å². The molecule has 6 aliphatic rings. The molecule has 1 aromatic rings. The summed E-state index contributed by atoms with van der Waals surface area (Å²) in [5.74, 6) is -2.19. The highest BCUT2D eigenvalue weighted by molar-refractivity contribution is 14.1. The third kappa shape index (κ3) is 13.5. The molecule has 7 rings (SSSR count). The third-order valence-electron chi connectivity index (χ3n) is 16.2. The van der Waals surface area contributed by atoms with Crippen molar-refractivity contribution < 1.29 is 80.1 Å². The van der Waals surface area contributed by atoms with Crippen molar-refractivity contribution in [2.24, 2.45) is 41.4 Å². The van der Waals surface area contributed by atoms with Crippen LogP contribution in [0.3, 0.4) is 0 Å². The zero-order valence-electron chi connectivity index (χ0n) is 44.0. The number of esters is 1. The van der Waals surface area contributed by atoms with Gasteiger partial charge in [-0.05, 0) is 63.9 Å². The number of amides is 1. The summed E-state index contributed by atoms with van der Waals surface area (Å²) in [5.41, 5.74) is 1.09. The first kappa shape index (κ1) is 57.6. The second-order valence-electron chi connectivity index (χ2n) is 21.5. The monoisotopic (exact) mass is 1130 g/mol. The lowest BCUT2D eigenvalue weighted by molar-refractivity contribution is -0.395. The van der Waals surface area contributed by atoms with Crippen molar-refractivity contribution in [1.29, 1.82) is 0 Å². The van der Waals surface area contributed by atoms with Crippen molar-refractivity contribution in [3.63, 3.8) is 0 Å². The van der Waals surface area contributed by atoms with Crippen LogP contribution in [0.15, 0.2) is 30.3 Å². The molecule has 0 saturated carbocycles. The molecule has 6 saturated heterocycles. The summed E-state index contributed by atoms with van der Waals surface area (Å²) < 4.78 is 91.5. The van der Waals surface area contributed by atoms with Crippen molar-refractivity contribution in [2.45, 2.75) is 220 Å². The molecule has 1 amide bonds. The van der Waals surface area contributed by atoms with E-state index in [4.69, 9.17) is 65.4 Å². The van der Waals surface area contributed by atoms with E-state index in [0.29, 0.717) is 13.2 Å². The van der Waals surface area contributed by atoms with E-state index < -0.39 is 116 Å². The van der Waals surface area contributed by atoms with Crippen molar-refractivity contribution in [1.82, 2.24) is 5.32 Å². The van der Waals surface area contributed by atoms with Crippen molar-refractivity contribution >= 4 is 44.4 Å². The molecular weight excluding hydrogens is 1050 g/mol. The highest BCUT2D eigenvalue weighted by Crippen LogP contribution is 2.43. The molecular formula is C51H81AlINO17. The fourth-order valence-electron chi connectivity index (χ4n) is 10.8. The average Bonchev–Trinajstić information content (AvgIpc) is 3.31. The molecule has 25 atom stereocenters. The quantitative estimate of drug-likeness (QED) is 0.119. The average molecular weight is 1130 g/mol. The number of fused-ring (bicyclic) bond motifs is 1. The fraction of sp³-hybridized carbons (Fsp3) is 0.843. The number of aliphatic hydroxyl groups is 1. The van der Waals surface area contributed by atoms with Gasteiger partial charge >= 0.3 is 18.2 Å². The summed E-state index contributed by atoms with van der Waals surface area (Å²) in [7, 11) is 0. The number of carbonyl (C=O) groups excluding carboxylic acids is 2. The number of ether oxygens (including phenoxy) is 13. The minimum atomic E-state index is -1.22. The lowest BCUT2D eigenvalue weighted by Crippen LogP contribution is -2.70. The third-order valence-corrected chi connectivity index (χ3v) is 17.8. The van der Waals surface area contributed by atoms with Crippen molar-refractivity contribution in [3.05, 3.63) is 35.9 Å². The van der Waals surface area contributed by atoms with E-state index in [0.717, 1.165) is 5.56 Å². The molecule has 1 aromatic carbocycles. The minimum absolute atomic E-state index is 0.00745. The molecule has 10 unspecified atom stereocenters. The van der Waals surface area contributed by atoms with Gasteiger partial charge in [-0.3, -0.25) is 9.59 Å². The zero-order valence-corrected chi connectivity index (χ0v) is 47.6. The molecule has 0 aromatic heterocycles. The molecule has 0 spiro atoms. The molecule has 6 aliphatic heterocycles. The van der Waals surface area contributed by atoms with E-state index in [2.05, 4.69) is 60.2 Å². The van der Waals surface area contributed by atoms with Gasteiger partial charge in [-0.1, -0.05) is 78.8 Å². The van der Waals surface area contributed by atoms with E-state index >= 15 is 0 Å². The second kappa shape index (κ2) is 24.9. The summed E-state index contributed by atoms with van der Waals surface area (Å²) >= 11 is 1.14. The molecule has 6 heterocycles. The standard InChI is InChI=1S/C51H80NO17.Al.HI.H/c1-23-25(3)36(21-57-20-35-18-16-15-17-19-35)64-47(27(23)5)65-40-28(6)31(9)59-48(39(40)55)67-42-26(4)24(2)30(8)60-49(42)66-41-29(7)32(10)61-50(45(41)62-34(12)54)68-44-38(52-33(11)53)46(56)63-37-22-58-51(13,14)69-43(37)44;;;/h15-19,23-32,36-50,55H,20-22H2,1-14H3,(H,52,53);;1H;/q-1;+2;;/p-1/t23?,24-,25+,26+,27?,28+,29+,30?,31?,32?,36+,37?,38?,39?,40+,41+,42?,43-,44-,45?,46-,47-,48+,49+,50+;;;/m1.../s1. The smallest absolute Gasteiger partial charge is 0.471 e. The Hall–Kier alpha value is -1.14. The van der Waals surface area contributed by atoms with Crippen LogP contribution in [0.4, 0.5) is 0 Å². The van der Waals surface area contributed by atoms with Crippen LogP contribution in [0.2, 0.25) is 0 Å². The maximum atomic E-state index is 13.1. The Balaban J connectivity index is 1.11. The molecule has 0 aliphatic carbocycles. The van der Waals surface area contributed by atoms with Crippen molar-refractivity contribution in [3.8, 4) is 0 Å². The maximum Gasteiger partial charge on any atom is 0.527 e. The van der Waals surface area contributed by atoms with E-state index in [-0.39, 0.29) is 72.3 Å². The van der Waals surface area contributed by atoms with Gasteiger partial charge in [0.25, 0.3) is 0 Å². The van der Waals surface area contributed by atoms with Crippen LogP contribution in [0, 0.1) is 41.4 Å². The molecule has 2 N–H and O–H groups in total. The Labute approximate surface area is 438 Å². The summed E-state index contributed by atoms with van der Waals surface area (Å²) in [4.78, 5) is 25.9. The second-order valence-corrected chi connectivity index (χ2v) is 23.9. The van der Waals surface area contributed by atoms with Gasteiger partial charge in [-0.2, -0.15) is 20.3 Å².